The first-order chi connectivity index (χ1) is 15.2. The van der Waals surface area contributed by atoms with Crippen molar-refractivity contribution in [3.8, 4) is 11.6 Å². The molecular formula is C19H20F6N4O4. The molecule has 1 aliphatic heterocycles. The zero-order valence-electron chi connectivity index (χ0n) is 17.2. The molecule has 0 radical (unpaired) electrons. The first-order valence-corrected chi connectivity index (χ1v) is 9.97. The van der Waals surface area contributed by atoms with Crippen molar-refractivity contribution in [1.82, 2.24) is 15.2 Å². The minimum absolute atomic E-state index is 0.0520. The van der Waals surface area contributed by atoms with Crippen molar-refractivity contribution < 1.29 is 45.8 Å². The van der Waals surface area contributed by atoms with Crippen LogP contribution in [0.2, 0.25) is 0 Å². The summed E-state index contributed by atoms with van der Waals surface area (Å²) in [4.78, 5) is 15.0. The number of aliphatic hydroxyl groups is 1. The van der Waals surface area contributed by atoms with Crippen LogP contribution >= 0.6 is 0 Å². The molecule has 3 rings (SSSR count). The first-order valence-electron chi connectivity index (χ1n) is 9.97. The van der Waals surface area contributed by atoms with Crippen molar-refractivity contribution in [1.29, 1.82) is 0 Å². The largest absolute Gasteiger partial charge is 0.465 e. The van der Waals surface area contributed by atoms with E-state index < -0.39 is 64.9 Å². The Kier molecular flexibility index (Phi) is 6.60. The lowest BCUT2D eigenvalue weighted by Crippen LogP contribution is -2.42. The molecule has 2 aromatic heterocycles. The Labute approximate surface area is 183 Å². The Balaban J connectivity index is 2.25. The van der Waals surface area contributed by atoms with Crippen LogP contribution in [-0.2, 0) is 18.2 Å². The molecule has 0 fully saturated rings. The van der Waals surface area contributed by atoms with E-state index in [4.69, 9.17) is 9.52 Å². The topological polar surface area (TPSA) is 121 Å². The first kappa shape index (κ1) is 24.7. The lowest BCUT2D eigenvalue weighted by Gasteiger charge is -2.27. The SMILES string of the molecule is CC1CCCCC[C@](O)(C(F)(F)F)c2nnc(o2)-c2nc(c(C(F)(F)F)cc2NC(=O)O)C1. The number of amides is 1. The zero-order chi connectivity index (χ0) is 24.6. The molecule has 1 unspecified atom stereocenters. The molecule has 33 heavy (non-hydrogen) atoms. The van der Waals surface area contributed by atoms with Crippen molar-refractivity contribution in [2.24, 2.45) is 5.92 Å². The molecule has 1 aliphatic rings. The Morgan fingerprint density at radius 3 is 2.48 bits per heavy atom. The van der Waals surface area contributed by atoms with E-state index in [0.717, 1.165) is 0 Å². The molecule has 2 atom stereocenters. The second-order valence-corrected chi connectivity index (χ2v) is 7.99. The fourth-order valence-corrected chi connectivity index (χ4v) is 3.66. The highest BCUT2D eigenvalue weighted by Crippen LogP contribution is 2.44. The van der Waals surface area contributed by atoms with Crippen LogP contribution in [0.1, 0.15) is 56.2 Å². The molecule has 0 saturated heterocycles. The van der Waals surface area contributed by atoms with Crippen LogP contribution in [0.5, 0.6) is 0 Å². The number of nitrogens with one attached hydrogen (secondary N) is 1. The van der Waals surface area contributed by atoms with Gasteiger partial charge >= 0.3 is 18.4 Å². The van der Waals surface area contributed by atoms with E-state index in [0.29, 0.717) is 18.9 Å². The van der Waals surface area contributed by atoms with Crippen molar-refractivity contribution in [3.05, 3.63) is 23.2 Å². The molecular weight excluding hydrogens is 462 g/mol. The van der Waals surface area contributed by atoms with Crippen molar-refractivity contribution in [2.75, 3.05) is 5.32 Å². The predicted molar refractivity (Wildman–Crippen MR) is 100 cm³/mol. The van der Waals surface area contributed by atoms with Crippen molar-refractivity contribution in [3.63, 3.8) is 0 Å². The summed E-state index contributed by atoms with van der Waals surface area (Å²) in [7, 11) is 0. The second kappa shape index (κ2) is 8.80. The van der Waals surface area contributed by atoms with Gasteiger partial charge in [-0.05, 0) is 31.2 Å². The zero-order valence-corrected chi connectivity index (χ0v) is 17.2. The van der Waals surface area contributed by atoms with E-state index in [-0.39, 0.29) is 25.2 Å². The summed E-state index contributed by atoms with van der Waals surface area (Å²) in [5.41, 5.74) is -6.40. The molecule has 0 spiro atoms. The van der Waals surface area contributed by atoms with Gasteiger partial charge in [0, 0.05) is 0 Å². The molecule has 3 heterocycles. The number of carboxylic acid groups (broad SMARTS) is 1. The number of carbonyl (C=O) groups is 1. The Morgan fingerprint density at radius 2 is 1.88 bits per heavy atom. The van der Waals surface area contributed by atoms with Crippen LogP contribution in [-0.4, -0.2) is 37.7 Å². The number of aromatic nitrogens is 3. The summed E-state index contributed by atoms with van der Waals surface area (Å²) >= 11 is 0. The molecule has 3 N–H and O–H groups in total. The molecule has 182 valence electrons. The lowest BCUT2D eigenvalue weighted by atomic mass is 9.92. The normalized spacial score (nSPS) is 22.5. The van der Waals surface area contributed by atoms with Gasteiger partial charge in [-0.2, -0.15) is 26.3 Å². The molecule has 0 aliphatic carbocycles. The standard InChI is InChI=1S/C19H20F6N4O4/c1-9-5-3-2-4-6-17(32,19(23,24)25)15-29-28-14(33-15)13-12(27-16(30)31)8-10(18(20,21)22)11(7-9)26-13/h8-9,27,32H,2-7H2,1H3,(H,30,31)/t9?,17-/m1/s1. The Hall–Kier alpha value is -2.90. The van der Waals surface area contributed by atoms with Gasteiger partial charge in [-0.1, -0.05) is 26.2 Å². The van der Waals surface area contributed by atoms with Crippen LogP contribution < -0.4 is 5.32 Å². The highest BCUT2D eigenvalue weighted by Gasteiger charge is 2.58. The minimum atomic E-state index is -5.18. The summed E-state index contributed by atoms with van der Waals surface area (Å²) in [6, 6.07) is 0.490. The summed E-state index contributed by atoms with van der Waals surface area (Å²) in [6.45, 7) is 1.67. The molecule has 14 heteroatoms. The summed E-state index contributed by atoms with van der Waals surface area (Å²) in [5, 5.41) is 27.8. The van der Waals surface area contributed by atoms with Gasteiger partial charge < -0.3 is 14.6 Å². The summed E-state index contributed by atoms with van der Waals surface area (Å²) < 4.78 is 87.1. The van der Waals surface area contributed by atoms with E-state index in [2.05, 4.69) is 15.2 Å². The van der Waals surface area contributed by atoms with Gasteiger partial charge in [-0.3, -0.25) is 5.32 Å². The number of alkyl halides is 6. The number of fused-ring (bicyclic) bond motifs is 5. The third-order valence-electron chi connectivity index (χ3n) is 5.38. The van der Waals surface area contributed by atoms with Crippen molar-refractivity contribution >= 4 is 11.8 Å². The van der Waals surface area contributed by atoms with Gasteiger partial charge in [0.2, 0.25) is 5.60 Å². The smallest absolute Gasteiger partial charge is 0.426 e. The van der Waals surface area contributed by atoms with Crippen LogP contribution in [0.15, 0.2) is 10.5 Å². The highest BCUT2D eigenvalue weighted by atomic mass is 19.4. The molecule has 0 aromatic carbocycles. The average Bonchev–Trinajstić information content (AvgIpc) is 3.16. The van der Waals surface area contributed by atoms with Gasteiger partial charge in [-0.15, -0.1) is 10.2 Å². The van der Waals surface area contributed by atoms with Crippen LogP contribution in [0.3, 0.4) is 0 Å². The third kappa shape index (κ3) is 5.20. The molecule has 1 amide bonds. The average molecular weight is 482 g/mol. The van der Waals surface area contributed by atoms with E-state index in [9.17, 15) is 36.2 Å². The quantitative estimate of drug-likeness (QED) is 0.482. The van der Waals surface area contributed by atoms with E-state index in [1.165, 1.54) is 0 Å². The third-order valence-corrected chi connectivity index (χ3v) is 5.38. The number of hydrogen-bond donors (Lipinski definition) is 3. The van der Waals surface area contributed by atoms with Gasteiger partial charge in [0.25, 0.3) is 11.8 Å². The fourth-order valence-electron chi connectivity index (χ4n) is 3.66. The monoisotopic (exact) mass is 482 g/mol. The number of anilines is 1. The molecule has 0 saturated carbocycles. The predicted octanol–water partition coefficient (Wildman–Crippen LogP) is 5.13. The van der Waals surface area contributed by atoms with Gasteiger partial charge in [0.05, 0.1) is 16.9 Å². The van der Waals surface area contributed by atoms with Crippen molar-refractivity contribution in [2.45, 2.75) is 63.4 Å². The van der Waals surface area contributed by atoms with E-state index in [1.807, 2.05) is 0 Å². The Morgan fingerprint density at radius 1 is 1.18 bits per heavy atom. The number of hydrogen-bond acceptors (Lipinski definition) is 6. The fraction of sp³-hybridized carbons (Fsp3) is 0.579. The van der Waals surface area contributed by atoms with Crippen LogP contribution in [0.4, 0.5) is 36.8 Å². The Bertz CT molecular complexity index is 1020. The maximum Gasteiger partial charge on any atom is 0.426 e. The number of pyridine rings is 1. The summed E-state index contributed by atoms with van der Waals surface area (Å²) in [6.07, 6.45) is -11.6. The lowest BCUT2D eigenvalue weighted by molar-refractivity contribution is -0.277. The van der Waals surface area contributed by atoms with Crippen LogP contribution in [0.25, 0.3) is 11.6 Å². The molecule has 2 aromatic rings. The van der Waals surface area contributed by atoms with E-state index >= 15 is 0 Å². The number of halogens is 6. The number of nitrogens with zero attached hydrogens (tertiary/aromatic N) is 3. The maximum atomic E-state index is 13.7. The molecule has 4 bridgehead atoms. The maximum absolute atomic E-state index is 13.7. The second-order valence-electron chi connectivity index (χ2n) is 7.99. The van der Waals surface area contributed by atoms with Gasteiger partial charge in [-0.25, -0.2) is 9.78 Å². The van der Waals surface area contributed by atoms with E-state index in [1.54, 1.807) is 12.2 Å². The number of rotatable bonds is 1. The molecule has 8 nitrogen and oxygen atoms in total. The highest BCUT2D eigenvalue weighted by molar-refractivity contribution is 5.88. The summed E-state index contributed by atoms with van der Waals surface area (Å²) in [5.74, 6) is -2.29. The van der Waals surface area contributed by atoms with Gasteiger partial charge in [0.15, 0.2) is 5.69 Å². The van der Waals surface area contributed by atoms with Gasteiger partial charge in [0.1, 0.15) is 0 Å². The minimum Gasteiger partial charge on any atom is -0.465 e. The van der Waals surface area contributed by atoms with Crippen LogP contribution in [0, 0.1) is 5.92 Å².